The Balaban J connectivity index is 2.87. The van der Waals surface area contributed by atoms with Gasteiger partial charge in [0.15, 0.2) is 0 Å². The average Bonchev–Trinajstić information content (AvgIpc) is 2.16. The number of hydrogen-bond acceptors (Lipinski definition) is 3. The molecule has 0 spiro atoms. The van der Waals surface area contributed by atoms with Crippen LogP contribution < -0.4 is 4.74 Å². The van der Waals surface area contributed by atoms with Gasteiger partial charge in [0, 0.05) is 5.56 Å². The zero-order valence-corrected chi connectivity index (χ0v) is 7.80. The van der Waals surface area contributed by atoms with Crippen molar-refractivity contribution in [2.45, 2.75) is 12.5 Å². The van der Waals surface area contributed by atoms with Crippen molar-refractivity contribution in [3.05, 3.63) is 29.8 Å². The van der Waals surface area contributed by atoms with Crippen LogP contribution in [0.5, 0.6) is 5.75 Å². The van der Waals surface area contributed by atoms with Crippen molar-refractivity contribution in [2.24, 2.45) is 0 Å². The minimum atomic E-state index is -1.04. The number of aliphatic hydroxyl groups excluding tert-OH is 1. The number of aliphatic hydroxyl groups is 1. The van der Waals surface area contributed by atoms with Gasteiger partial charge in [-0.2, -0.15) is 0 Å². The van der Waals surface area contributed by atoms with Gasteiger partial charge in [-0.3, -0.25) is 4.79 Å². The Labute approximate surface area is 81.8 Å². The van der Waals surface area contributed by atoms with Crippen LogP contribution in [0.2, 0.25) is 0 Å². The van der Waals surface area contributed by atoms with Gasteiger partial charge in [-0.15, -0.1) is 0 Å². The highest BCUT2D eigenvalue weighted by molar-refractivity contribution is 5.67. The Morgan fingerprint density at radius 1 is 1.50 bits per heavy atom. The lowest BCUT2D eigenvalue weighted by atomic mass is 10.1. The van der Waals surface area contributed by atoms with Crippen LogP contribution in [-0.4, -0.2) is 23.3 Å². The molecule has 0 amide bonds. The number of methoxy groups -OCH3 is 1. The lowest BCUT2D eigenvalue weighted by Crippen LogP contribution is -2.06. The van der Waals surface area contributed by atoms with Gasteiger partial charge in [0.05, 0.1) is 19.6 Å². The summed E-state index contributed by atoms with van der Waals surface area (Å²) in [6, 6.07) is 6.81. The van der Waals surface area contributed by atoms with E-state index in [-0.39, 0.29) is 6.42 Å². The number of ether oxygens (including phenoxy) is 1. The van der Waals surface area contributed by atoms with E-state index in [1.807, 2.05) is 0 Å². The third-order valence-electron chi connectivity index (χ3n) is 1.87. The van der Waals surface area contributed by atoms with E-state index in [0.717, 1.165) is 0 Å². The van der Waals surface area contributed by atoms with Crippen LogP contribution in [0.3, 0.4) is 0 Å². The Hall–Kier alpha value is -1.55. The van der Waals surface area contributed by atoms with E-state index in [4.69, 9.17) is 9.84 Å². The SMILES string of the molecule is COc1ccccc1C(O)CC(=O)O. The molecule has 1 aromatic carbocycles. The van der Waals surface area contributed by atoms with Crippen molar-refractivity contribution < 1.29 is 19.7 Å². The fourth-order valence-electron chi connectivity index (χ4n) is 1.22. The van der Waals surface area contributed by atoms with Crippen molar-refractivity contribution in [3.8, 4) is 5.75 Å². The van der Waals surface area contributed by atoms with Crippen molar-refractivity contribution in [3.63, 3.8) is 0 Å². The third-order valence-corrected chi connectivity index (χ3v) is 1.87. The summed E-state index contributed by atoms with van der Waals surface area (Å²) in [6.45, 7) is 0. The molecule has 2 N–H and O–H groups in total. The summed E-state index contributed by atoms with van der Waals surface area (Å²) in [5, 5.41) is 18.1. The van der Waals surface area contributed by atoms with Gasteiger partial charge in [0.1, 0.15) is 5.75 Å². The summed E-state index contributed by atoms with van der Waals surface area (Å²) in [5.41, 5.74) is 0.498. The van der Waals surface area contributed by atoms with E-state index < -0.39 is 12.1 Å². The van der Waals surface area contributed by atoms with E-state index in [1.165, 1.54) is 7.11 Å². The summed E-state index contributed by atoms with van der Waals surface area (Å²) in [4.78, 5) is 10.4. The monoisotopic (exact) mass is 196 g/mol. The zero-order chi connectivity index (χ0) is 10.6. The Kier molecular flexibility index (Phi) is 3.48. The predicted molar refractivity (Wildman–Crippen MR) is 50.2 cm³/mol. The van der Waals surface area contributed by atoms with E-state index in [0.29, 0.717) is 11.3 Å². The summed E-state index contributed by atoms with van der Waals surface area (Å²) in [6.07, 6.45) is -1.34. The fourth-order valence-corrected chi connectivity index (χ4v) is 1.22. The topological polar surface area (TPSA) is 66.8 Å². The number of aliphatic carboxylic acids is 1. The molecule has 0 radical (unpaired) electrons. The second-order valence-corrected chi connectivity index (χ2v) is 2.86. The molecule has 0 saturated heterocycles. The van der Waals surface area contributed by atoms with Crippen molar-refractivity contribution in [1.29, 1.82) is 0 Å². The van der Waals surface area contributed by atoms with E-state index in [9.17, 15) is 9.90 Å². The molecule has 14 heavy (non-hydrogen) atoms. The summed E-state index contributed by atoms with van der Waals surface area (Å²) in [5.74, 6) is -0.537. The maximum atomic E-state index is 10.4. The predicted octanol–water partition coefficient (Wildman–Crippen LogP) is 1.20. The van der Waals surface area contributed by atoms with Crippen molar-refractivity contribution >= 4 is 5.97 Å². The van der Waals surface area contributed by atoms with Crippen LogP contribution in [0.1, 0.15) is 18.1 Å². The first-order chi connectivity index (χ1) is 6.65. The molecule has 0 saturated carbocycles. The fraction of sp³-hybridized carbons (Fsp3) is 0.300. The molecule has 1 aromatic rings. The smallest absolute Gasteiger partial charge is 0.306 e. The Bertz CT molecular complexity index is 322. The lowest BCUT2D eigenvalue weighted by Gasteiger charge is -2.12. The molecule has 0 fully saturated rings. The normalized spacial score (nSPS) is 12.1. The number of hydrogen-bond donors (Lipinski definition) is 2. The summed E-state index contributed by atoms with van der Waals surface area (Å²) < 4.78 is 5.00. The Morgan fingerprint density at radius 2 is 2.14 bits per heavy atom. The highest BCUT2D eigenvalue weighted by Crippen LogP contribution is 2.26. The number of carboxylic acid groups (broad SMARTS) is 1. The van der Waals surface area contributed by atoms with Gasteiger partial charge in [-0.05, 0) is 6.07 Å². The van der Waals surface area contributed by atoms with Crippen molar-refractivity contribution in [2.75, 3.05) is 7.11 Å². The maximum absolute atomic E-state index is 10.4. The molecule has 1 unspecified atom stereocenters. The Morgan fingerprint density at radius 3 is 2.71 bits per heavy atom. The molecule has 1 atom stereocenters. The minimum absolute atomic E-state index is 0.319. The van der Waals surface area contributed by atoms with Gasteiger partial charge in [0.2, 0.25) is 0 Å². The van der Waals surface area contributed by atoms with Gasteiger partial charge < -0.3 is 14.9 Å². The van der Waals surface area contributed by atoms with Crippen LogP contribution in [0.15, 0.2) is 24.3 Å². The molecule has 0 bridgehead atoms. The second-order valence-electron chi connectivity index (χ2n) is 2.86. The van der Waals surface area contributed by atoms with E-state index in [1.54, 1.807) is 24.3 Å². The van der Waals surface area contributed by atoms with Gasteiger partial charge >= 0.3 is 5.97 Å². The number of para-hydroxylation sites is 1. The van der Waals surface area contributed by atoms with E-state index >= 15 is 0 Å². The van der Waals surface area contributed by atoms with Crippen LogP contribution in [0.25, 0.3) is 0 Å². The summed E-state index contributed by atoms with van der Waals surface area (Å²) in [7, 11) is 1.48. The first-order valence-electron chi connectivity index (χ1n) is 4.18. The molecular weight excluding hydrogens is 184 g/mol. The first-order valence-corrected chi connectivity index (χ1v) is 4.18. The lowest BCUT2D eigenvalue weighted by molar-refractivity contribution is -0.139. The minimum Gasteiger partial charge on any atom is -0.496 e. The average molecular weight is 196 g/mol. The van der Waals surface area contributed by atoms with E-state index in [2.05, 4.69) is 0 Å². The number of benzene rings is 1. The summed E-state index contributed by atoms with van der Waals surface area (Å²) >= 11 is 0. The maximum Gasteiger partial charge on any atom is 0.306 e. The molecule has 0 aliphatic carbocycles. The third kappa shape index (κ3) is 2.47. The van der Waals surface area contributed by atoms with Crippen LogP contribution in [-0.2, 0) is 4.79 Å². The number of rotatable bonds is 4. The van der Waals surface area contributed by atoms with Gasteiger partial charge in [0.25, 0.3) is 0 Å². The molecule has 0 aliphatic rings. The molecular formula is C10H12O4. The second kappa shape index (κ2) is 4.62. The van der Waals surface area contributed by atoms with Crippen LogP contribution in [0.4, 0.5) is 0 Å². The molecule has 1 rings (SSSR count). The molecule has 0 aromatic heterocycles. The quantitative estimate of drug-likeness (QED) is 0.759. The standard InChI is InChI=1S/C10H12O4/c1-14-9-5-3-2-4-7(9)8(11)6-10(12)13/h2-5,8,11H,6H2,1H3,(H,12,13). The van der Waals surface area contributed by atoms with Crippen molar-refractivity contribution in [1.82, 2.24) is 0 Å². The zero-order valence-electron chi connectivity index (χ0n) is 7.80. The largest absolute Gasteiger partial charge is 0.496 e. The van der Waals surface area contributed by atoms with Gasteiger partial charge in [-0.25, -0.2) is 0 Å². The van der Waals surface area contributed by atoms with Gasteiger partial charge in [-0.1, -0.05) is 18.2 Å². The molecule has 4 heteroatoms. The number of carbonyl (C=O) groups is 1. The van der Waals surface area contributed by atoms with Crippen LogP contribution in [0, 0.1) is 0 Å². The molecule has 76 valence electrons. The highest BCUT2D eigenvalue weighted by atomic mass is 16.5. The number of carboxylic acids is 1. The molecule has 4 nitrogen and oxygen atoms in total. The first kappa shape index (κ1) is 10.5. The highest BCUT2D eigenvalue weighted by Gasteiger charge is 2.15. The molecule has 0 heterocycles. The molecule has 0 aliphatic heterocycles. The van der Waals surface area contributed by atoms with Crippen LogP contribution >= 0.6 is 0 Å².